The minimum Gasteiger partial charge on any atom is -0.318 e. The molecule has 0 N–H and O–H groups in total. The van der Waals surface area contributed by atoms with Crippen LogP contribution in [-0.2, 0) is 19.2 Å². The molecule has 0 fully saturated rings. The number of carbonyl (C=O) groups excluding carboxylic acids is 4. The highest BCUT2D eigenvalue weighted by molar-refractivity contribution is 5.83. The fraction of sp³-hybridized carbons (Fsp3) is 0.857. The molecule has 0 rings (SSSR count). The van der Waals surface area contributed by atoms with E-state index < -0.39 is 0 Å². The van der Waals surface area contributed by atoms with Gasteiger partial charge >= 0.3 is 0 Å². The van der Waals surface area contributed by atoms with Gasteiger partial charge in [0.05, 0.1) is 28.2 Å². The minimum atomic E-state index is 0.0815. The number of hydrogen-bond acceptors (Lipinski definition) is 4. The standard InChI is InChI=1S/C28H54N2O4/c1-21(2)13-25(31)15-23(5)17-27(33)19-29(7,8)11-12-30(9,10)20-28(34)18-24(6)16-26(32)14-22(3)4/h21-24H,11-20H2,1-10H3/q+2. The van der Waals surface area contributed by atoms with Crippen LogP contribution in [0.3, 0.4) is 0 Å². The number of carbonyl (C=O) groups is 4. The average Bonchev–Trinajstić information content (AvgIpc) is 2.56. The fourth-order valence-corrected chi connectivity index (χ4v) is 4.56. The van der Waals surface area contributed by atoms with Crippen LogP contribution in [0.5, 0.6) is 0 Å². The second-order valence-electron chi connectivity index (χ2n) is 13.0. The Labute approximate surface area is 209 Å². The lowest BCUT2D eigenvalue weighted by Gasteiger charge is -2.35. The molecule has 0 radical (unpaired) electrons. The number of quaternary nitrogens is 2. The summed E-state index contributed by atoms with van der Waals surface area (Å²) in [5, 5.41) is 0. The number of ketones is 4. The summed E-state index contributed by atoms with van der Waals surface area (Å²) in [6.07, 6.45) is 3.00. The van der Waals surface area contributed by atoms with Crippen molar-refractivity contribution in [2.45, 2.75) is 80.1 Å². The van der Waals surface area contributed by atoms with Gasteiger partial charge in [0.25, 0.3) is 0 Å². The quantitative estimate of drug-likeness (QED) is 0.257. The maximum absolute atomic E-state index is 12.6. The molecule has 0 saturated carbocycles. The zero-order chi connectivity index (χ0) is 26.7. The predicted molar refractivity (Wildman–Crippen MR) is 139 cm³/mol. The first-order valence-electron chi connectivity index (χ1n) is 13.1. The van der Waals surface area contributed by atoms with Gasteiger partial charge in [-0.3, -0.25) is 19.2 Å². The highest BCUT2D eigenvalue weighted by Gasteiger charge is 2.28. The highest BCUT2D eigenvalue weighted by atomic mass is 16.1. The summed E-state index contributed by atoms with van der Waals surface area (Å²) >= 11 is 0. The number of rotatable bonds is 19. The zero-order valence-corrected chi connectivity index (χ0v) is 23.9. The van der Waals surface area contributed by atoms with Crippen molar-refractivity contribution in [1.82, 2.24) is 0 Å². The lowest BCUT2D eigenvalue weighted by Crippen LogP contribution is -2.54. The van der Waals surface area contributed by atoms with E-state index in [4.69, 9.17) is 0 Å². The Morgan fingerprint density at radius 3 is 1.00 bits per heavy atom. The third-order valence-corrected chi connectivity index (χ3v) is 6.10. The normalized spacial score (nSPS) is 14.4. The van der Waals surface area contributed by atoms with Crippen LogP contribution in [0.15, 0.2) is 0 Å². The SMILES string of the molecule is CC(C)CC(=O)CC(C)CC(=O)C[N+](C)(C)CC[N+](C)(C)CC(=O)CC(C)CC(=O)CC(C)C. The van der Waals surface area contributed by atoms with E-state index in [0.29, 0.717) is 72.4 Å². The molecule has 0 aliphatic rings. The van der Waals surface area contributed by atoms with E-state index in [2.05, 4.69) is 28.2 Å². The van der Waals surface area contributed by atoms with Gasteiger partial charge in [0, 0.05) is 38.5 Å². The Morgan fingerprint density at radius 1 is 0.471 bits per heavy atom. The van der Waals surface area contributed by atoms with Crippen LogP contribution in [-0.4, -0.2) is 86.5 Å². The molecule has 0 aromatic rings. The van der Waals surface area contributed by atoms with Gasteiger partial charge in [0.2, 0.25) is 0 Å². The topological polar surface area (TPSA) is 68.3 Å². The molecule has 34 heavy (non-hydrogen) atoms. The molecule has 0 aliphatic carbocycles. The summed E-state index contributed by atoms with van der Waals surface area (Å²) in [7, 11) is 8.21. The summed E-state index contributed by atoms with van der Waals surface area (Å²) in [5.74, 6) is 1.74. The lowest BCUT2D eigenvalue weighted by atomic mass is 9.94. The second kappa shape index (κ2) is 14.9. The van der Waals surface area contributed by atoms with Crippen LogP contribution in [0, 0.1) is 23.7 Å². The van der Waals surface area contributed by atoms with E-state index in [0.717, 1.165) is 13.1 Å². The van der Waals surface area contributed by atoms with Gasteiger partial charge in [-0.15, -0.1) is 0 Å². The first-order valence-corrected chi connectivity index (χ1v) is 13.1. The molecule has 0 amide bonds. The molecule has 2 atom stereocenters. The van der Waals surface area contributed by atoms with Crippen LogP contribution in [0.2, 0.25) is 0 Å². The fourth-order valence-electron chi connectivity index (χ4n) is 4.56. The summed E-state index contributed by atoms with van der Waals surface area (Å²) in [5.41, 5.74) is 0. The second-order valence-corrected chi connectivity index (χ2v) is 13.0. The first-order chi connectivity index (χ1) is 15.4. The average molecular weight is 483 g/mol. The maximum Gasteiger partial charge on any atom is 0.187 e. The Bertz CT molecular complexity index is 622. The van der Waals surface area contributed by atoms with Crippen LogP contribution < -0.4 is 0 Å². The number of hydrogen-bond donors (Lipinski definition) is 0. The first kappa shape index (κ1) is 32.6. The molecular weight excluding hydrogens is 428 g/mol. The van der Waals surface area contributed by atoms with Crippen molar-refractivity contribution in [3.05, 3.63) is 0 Å². The minimum absolute atomic E-state index is 0.0815. The number of likely N-dealkylation sites (N-methyl/N-ethyl adjacent to an activating group) is 2. The van der Waals surface area contributed by atoms with Crippen molar-refractivity contribution in [3.63, 3.8) is 0 Å². The summed E-state index contributed by atoms with van der Waals surface area (Å²) in [6, 6.07) is 0. The maximum atomic E-state index is 12.6. The molecule has 2 unspecified atom stereocenters. The third-order valence-electron chi connectivity index (χ3n) is 6.10. The van der Waals surface area contributed by atoms with Gasteiger partial charge in [0.1, 0.15) is 37.7 Å². The third kappa shape index (κ3) is 17.1. The van der Waals surface area contributed by atoms with Crippen LogP contribution in [0.4, 0.5) is 0 Å². The molecule has 0 aliphatic heterocycles. The van der Waals surface area contributed by atoms with E-state index >= 15 is 0 Å². The molecule has 6 nitrogen and oxygen atoms in total. The summed E-state index contributed by atoms with van der Waals surface area (Å²) in [4.78, 5) is 49.3. The molecule has 6 heteroatoms. The number of nitrogens with zero attached hydrogens (tertiary/aromatic N) is 2. The molecule has 0 bridgehead atoms. The smallest absolute Gasteiger partial charge is 0.187 e. The van der Waals surface area contributed by atoms with E-state index in [1.807, 2.05) is 41.5 Å². The van der Waals surface area contributed by atoms with Crippen molar-refractivity contribution in [2.75, 3.05) is 54.4 Å². The molecule has 0 spiro atoms. The van der Waals surface area contributed by atoms with Crippen molar-refractivity contribution in [3.8, 4) is 0 Å². The molecule has 0 saturated heterocycles. The van der Waals surface area contributed by atoms with Gasteiger partial charge in [0.15, 0.2) is 11.6 Å². The molecule has 0 aromatic heterocycles. The monoisotopic (exact) mass is 482 g/mol. The lowest BCUT2D eigenvalue weighted by molar-refractivity contribution is -0.938. The van der Waals surface area contributed by atoms with Crippen molar-refractivity contribution in [2.24, 2.45) is 23.7 Å². The Hall–Kier alpha value is -1.40. The van der Waals surface area contributed by atoms with Crippen molar-refractivity contribution >= 4 is 23.1 Å². The Kier molecular flexibility index (Phi) is 14.3. The van der Waals surface area contributed by atoms with Crippen LogP contribution >= 0.6 is 0 Å². The van der Waals surface area contributed by atoms with Crippen molar-refractivity contribution < 1.29 is 28.1 Å². The van der Waals surface area contributed by atoms with Gasteiger partial charge in [-0.05, 0) is 23.7 Å². The molecule has 0 aromatic carbocycles. The van der Waals surface area contributed by atoms with Gasteiger partial charge in [-0.2, -0.15) is 0 Å². The van der Waals surface area contributed by atoms with Gasteiger partial charge in [-0.1, -0.05) is 41.5 Å². The van der Waals surface area contributed by atoms with E-state index in [9.17, 15) is 19.2 Å². The van der Waals surface area contributed by atoms with Gasteiger partial charge < -0.3 is 8.97 Å². The molecular formula is C28H54N2O4+2. The highest BCUT2D eigenvalue weighted by Crippen LogP contribution is 2.16. The van der Waals surface area contributed by atoms with E-state index in [1.54, 1.807) is 0 Å². The van der Waals surface area contributed by atoms with Gasteiger partial charge in [-0.25, -0.2) is 0 Å². The zero-order valence-electron chi connectivity index (χ0n) is 23.9. The molecule has 198 valence electrons. The van der Waals surface area contributed by atoms with Crippen LogP contribution in [0.1, 0.15) is 80.1 Å². The van der Waals surface area contributed by atoms with Crippen molar-refractivity contribution in [1.29, 1.82) is 0 Å². The summed E-state index contributed by atoms with van der Waals surface area (Å²) < 4.78 is 1.14. The Balaban J connectivity index is 4.52. The predicted octanol–water partition coefficient (Wildman–Crippen LogP) is 4.34. The Morgan fingerprint density at radius 2 is 0.735 bits per heavy atom. The van der Waals surface area contributed by atoms with E-state index in [1.165, 1.54) is 0 Å². The largest absolute Gasteiger partial charge is 0.318 e. The van der Waals surface area contributed by atoms with E-state index in [-0.39, 0.29) is 35.0 Å². The summed E-state index contributed by atoms with van der Waals surface area (Å²) in [6.45, 7) is 14.6. The number of Topliss-reactive ketones (excluding diaryl/α,β-unsaturated/α-hetero) is 4. The van der Waals surface area contributed by atoms with Crippen LogP contribution in [0.25, 0.3) is 0 Å². The molecule has 0 heterocycles.